The monoisotopic (exact) mass is 328 g/mol. The van der Waals surface area contributed by atoms with E-state index in [1.807, 2.05) is 24.1 Å². The minimum atomic E-state index is 0.291. The van der Waals surface area contributed by atoms with Crippen LogP contribution in [0.25, 0.3) is 0 Å². The number of fused-ring (bicyclic) bond motifs is 1. The van der Waals surface area contributed by atoms with Crippen LogP contribution in [0.5, 0.6) is 11.5 Å². The fraction of sp³-hybridized carbons (Fsp3) is 0.389. The highest BCUT2D eigenvalue weighted by molar-refractivity contribution is 7.97. The largest absolute Gasteiger partial charge is 0.493 e. The van der Waals surface area contributed by atoms with Gasteiger partial charge in [0.25, 0.3) is 0 Å². The molecular formula is C18H20N2O2S. The van der Waals surface area contributed by atoms with E-state index in [-0.39, 0.29) is 0 Å². The predicted molar refractivity (Wildman–Crippen MR) is 91.0 cm³/mol. The van der Waals surface area contributed by atoms with Crippen LogP contribution < -0.4 is 9.47 Å². The van der Waals surface area contributed by atoms with Gasteiger partial charge in [0.15, 0.2) is 0 Å². The summed E-state index contributed by atoms with van der Waals surface area (Å²) in [5, 5.41) is 0. The van der Waals surface area contributed by atoms with Gasteiger partial charge in [0.1, 0.15) is 17.6 Å². The Labute approximate surface area is 140 Å². The molecule has 0 radical (unpaired) electrons. The van der Waals surface area contributed by atoms with Crippen LogP contribution in [-0.2, 0) is 6.42 Å². The van der Waals surface area contributed by atoms with Crippen molar-refractivity contribution >= 4 is 11.9 Å². The summed E-state index contributed by atoms with van der Waals surface area (Å²) in [5.41, 5.74) is 1.33. The van der Waals surface area contributed by atoms with Gasteiger partial charge < -0.3 is 9.47 Å². The van der Waals surface area contributed by atoms with E-state index in [1.165, 1.54) is 10.5 Å². The summed E-state index contributed by atoms with van der Waals surface area (Å²) in [6, 6.07) is 10.5. The Morgan fingerprint density at radius 3 is 2.96 bits per heavy atom. The van der Waals surface area contributed by atoms with Crippen LogP contribution in [0.4, 0.5) is 0 Å². The predicted octanol–water partition coefficient (Wildman–Crippen LogP) is 3.57. The summed E-state index contributed by atoms with van der Waals surface area (Å²) in [4.78, 5) is 5.36. The fourth-order valence-corrected chi connectivity index (χ4v) is 3.98. The van der Waals surface area contributed by atoms with Crippen LogP contribution in [0.15, 0.2) is 47.6 Å². The Morgan fingerprint density at radius 2 is 2.13 bits per heavy atom. The van der Waals surface area contributed by atoms with Crippen LogP contribution in [-0.4, -0.2) is 35.1 Å². The van der Waals surface area contributed by atoms with Crippen LogP contribution >= 0.6 is 11.9 Å². The van der Waals surface area contributed by atoms with Crippen LogP contribution in [0, 0.1) is 0 Å². The Morgan fingerprint density at radius 1 is 1.22 bits per heavy atom. The summed E-state index contributed by atoms with van der Waals surface area (Å²) < 4.78 is 14.1. The van der Waals surface area contributed by atoms with Crippen molar-refractivity contribution in [2.45, 2.75) is 30.3 Å². The standard InChI is InChI=1S/C18H20N2O2S/c1-2-16(13-19-8-1)22-15-5-9-20(10-6-15)23-17-4-3-14-7-11-21-18(14)12-17/h1-4,8,12-13,15H,5-7,9-11H2. The zero-order chi connectivity index (χ0) is 15.5. The van der Waals surface area contributed by atoms with Gasteiger partial charge in [-0.2, -0.15) is 0 Å². The van der Waals surface area contributed by atoms with Gasteiger partial charge in [-0.25, -0.2) is 4.31 Å². The lowest BCUT2D eigenvalue weighted by Gasteiger charge is -2.31. The number of aromatic nitrogens is 1. The van der Waals surface area contributed by atoms with Gasteiger partial charge in [-0.1, -0.05) is 6.07 Å². The molecule has 3 heterocycles. The number of rotatable bonds is 4. The number of pyridine rings is 1. The Kier molecular flexibility index (Phi) is 4.39. The van der Waals surface area contributed by atoms with E-state index < -0.39 is 0 Å². The van der Waals surface area contributed by atoms with Crippen molar-refractivity contribution in [2.24, 2.45) is 0 Å². The Hall–Kier alpha value is -1.72. The van der Waals surface area contributed by atoms with Gasteiger partial charge in [-0.3, -0.25) is 4.98 Å². The van der Waals surface area contributed by atoms with Gasteiger partial charge in [-0.15, -0.1) is 0 Å². The molecule has 1 aromatic heterocycles. The normalized spacial score (nSPS) is 18.4. The van der Waals surface area contributed by atoms with Crippen molar-refractivity contribution in [2.75, 3.05) is 19.7 Å². The molecule has 0 aliphatic carbocycles. The number of benzene rings is 1. The zero-order valence-corrected chi connectivity index (χ0v) is 13.8. The van der Waals surface area contributed by atoms with Crippen molar-refractivity contribution in [3.63, 3.8) is 0 Å². The summed E-state index contributed by atoms with van der Waals surface area (Å²) >= 11 is 1.82. The number of nitrogens with zero attached hydrogens (tertiary/aromatic N) is 2. The average molecular weight is 328 g/mol. The highest BCUT2D eigenvalue weighted by Crippen LogP contribution is 2.33. The summed E-state index contributed by atoms with van der Waals surface area (Å²) in [5.74, 6) is 1.93. The second-order valence-corrected chi connectivity index (χ2v) is 7.06. The maximum atomic E-state index is 6.00. The maximum absolute atomic E-state index is 6.00. The lowest BCUT2D eigenvalue weighted by Crippen LogP contribution is -2.34. The van der Waals surface area contributed by atoms with E-state index in [9.17, 15) is 0 Å². The third kappa shape index (κ3) is 3.62. The fourth-order valence-electron chi connectivity index (χ4n) is 3.00. The first-order valence-electron chi connectivity index (χ1n) is 8.12. The van der Waals surface area contributed by atoms with Gasteiger partial charge in [0, 0.05) is 30.6 Å². The highest BCUT2D eigenvalue weighted by Gasteiger charge is 2.22. The molecule has 1 saturated heterocycles. The molecule has 4 nitrogen and oxygen atoms in total. The van der Waals surface area contributed by atoms with E-state index in [0.29, 0.717) is 6.10 Å². The summed E-state index contributed by atoms with van der Waals surface area (Å²) in [6.45, 7) is 2.89. The molecule has 2 aromatic rings. The van der Waals surface area contributed by atoms with Gasteiger partial charge in [-0.05, 0) is 54.6 Å². The zero-order valence-electron chi connectivity index (χ0n) is 13.0. The molecule has 0 N–H and O–H groups in total. The van der Waals surface area contributed by atoms with Crippen LogP contribution in [0.2, 0.25) is 0 Å². The molecule has 0 unspecified atom stereocenters. The Balaban J connectivity index is 1.30. The molecule has 4 rings (SSSR count). The maximum Gasteiger partial charge on any atom is 0.137 e. The van der Waals surface area contributed by atoms with Crippen LogP contribution in [0.3, 0.4) is 0 Å². The third-order valence-electron chi connectivity index (χ3n) is 4.24. The minimum Gasteiger partial charge on any atom is -0.493 e. The van der Waals surface area contributed by atoms with Crippen molar-refractivity contribution in [3.05, 3.63) is 48.3 Å². The van der Waals surface area contributed by atoms with Gasteiger partial charge >= 0.3 is 0 Å². The van der Waals surface area contributed by atoms with Crippen molar-refractivity contribution < 1.29 is 9.47 Å². The summed E-state index contributed by atoms with van der Waals surface area (Å²) in [7, 11) is 0. The first-order chi connectivity index (χ1) is 11.4. The van der Waals surface area contributed by atoms with Gasteiger partial charge in [0.05, 0.1) is 12.8 Å². The van der Waals surface area contributed by atoms with Crippen molar-refractivity contribution in [1.29, 1.82) is 0 Å². The molecule has 0 bridgehead atoms. The lowest BCUT2D eigenvalue weighted by atomic mass is 10.1. The SMILES string of the molecule is c1cncc(OC2CCN(Sc3ccc4c(c3)OCC4)CC2)c1. The van der Waals surface area contributed by atoms with Crippen molar-refractivity contribution in [3.8, 4) is 11.5 Å². The minimum absolute atomic E-state index is 0.291. The molecule has 2 aliphatic rings. The van der Waals surface area contributed by atoms with E-state index in [1.54, 1.807) is 12.4 Å². The second-order valence-electron chi connectivity index (χ2n) is 5.89. The quantitative estimate of drug-likeness (QED) is 0.802. The van der Waals surface area contributed by atoms with E-state index in [4.69, 9.17) is 9.47 Å². The van der Waals surface area contributed by atoms with Crippen molar-refractivity contribution in [1.82, 2.24) is 9.29 Å². The molecule has 0 saturated carbocycles. The average Bonchev–Trinajstić information content (AvgIpc) is 3.05. The third-order valence-corrected chi connectivity index (χ3v) is 5.33. The second kappa shape index (κ2) is 6.81. The highest BCUT2D eigenvalue weighted by atomic mass is 32.2. The molecule has 0 spiro atoms. The molecule has 2 aliphatic heterocycles. The lowest BCUT2D eigenvalue weighted by molar-refractivity contribution is 0.138. The first kappa shape index (κ1) is 14.8. The van der Waals surface area contributed by atoms with E-state index in [2.05, 4.69) is 27.5 Å². The molecule has 0 atom stereocenters. The molecule has 1 aromatic carbocycles. The molecule has 120 valence electrons. The number of hydrogen-bond donors (Lipinski definition) is 0. The van der Waals surface area contributed by atoms with E-state index in [0.717, 1.165) is 50.5 Å². The number of hydrogen-bond acceptors (Lipinski definition) is 5. The Bertz CT molecular complexity index is 657. The molecular weight excluding hydrogens is 308 g/mol. The van der Waals surface area contributed by atoms with Crippen LogP contribution in [0.1, 0.15) is 18.4 Å². The number of piperidine rings is 1. The smallest absolute Gasteiger partial charge is 0.137 e. The molecule has 5 heteroatoms. The molecule has 0 amide bonds. The number of ether oxygens (including phenoxy) is 2. The van der Waals surface area contributed by atoms with E-state index >= 15 is 0 Å². The topological polar surface area (TPSA) is 34.6 Å². The molecule has 1 fully saturated rings. The summed E-state index contributed by atoms with van der Waals surface area (Å²) in [6.07, 6.45) is 6.97. The molecule has 23 heavy (non-hydrogen) atoms. The first-order valence-corrected chi connectivity index (χ1v) is 8.89. The van der Waals surface area contributed by atoms with Gasteiger partial charge in [0.2, 0.25) is 0 Å².